The van der Waals surface area contributed by atoms with Gasteiger partial charge in [-0.3, -0.25) is 4.90 Å². The SMILES string of the molecule is N.c1ccc(CC2(Cc3ccccc3)CCCN2C2COC2)cc1. The number of hydrogen-bond donors (Lipinski definition) is 1. The summed E-state index contributed by atoms with van der Waals surface area (Å²) in [4.78, 5) is 2.76. The van der Waals surface area contributed by atoms with Gasteiger partial charge in [-0.25, -0.2) is 0 Å². The quantitative estimate of drug-likeness (QED) is 0.908. The third-order valence-corrected chi connectivity index (χ3v) is 5.46. The Bertz CT molecular complexity index is 583. The van der Waals surface area contributed by atoms with Crippen LogP contribution in [0.15, 0.2) is 60.7 Å². The maximum Gasteiger partial charge on any atom is 0.0645 e. The van der Waals surface area contributed by atoms with Gasteiger partial charge in [0.1, 0.15) is 0 Å². The van der Waals surface area contributed by atoms with Gasteiger partial charge in [0, 0.05) is 5.54 Å². The molecule has 2 aliphatic rings. The summed E-state index contributed by atoms with van der Waals surface area (Å²) in [6, 6.07) is 22.6. The highest BCUT2D eigenvalue weighted by atomic mass is 16.5. The Morgan fingerprint density at radius 1 is 0.875 bits per heavy atom. The van der Waals surface area contributed by atoms with Gasteiger partial charge in [-0.1, -0.05) is 60.7 Å². The van der Waals surface area contributed by atoms with Crippen molar-refractivity contribution in [1.82, 2.24) is 11.1 Å². The van der Waals surface area contributed by atoms with Crippen LogP contribution in [0.3, 0.4) is 0 Å². The maximum atomic E-state index is 5.50. The van der Waals surface area contributed by atoms with Crippen molar-refractivity contribution in [3.63, 3.8) is 0 Å². The smallest absolute Gasteiger partial charge is 0.0645 e. The van der Waals surface area contributed by atoms with Crippen LogP contribution in [0.2, 0.25) is 0 Å². The summed E-state index contributed by atoms with van der Waals surface area (Å²) < 4.78 is 5.50. The van der Waals surface area contributed by atoms with Crippen molar-refractivity contribution in [1.29, 1.82) is 0 Å². The van der Waals surface area contributed by atoms with Crippen LogP contribution in [0.25, 0.3) is 0 Å². The molecular formula is C21H28N2O. The summed E-state index contributed by atoms with van der Waals surface area (Å²) in [6.07, 6.45) is 4.86. The van der Waals surface area contributed by atoms with Crippen LogP contribution >= 0.6 is 0 Å². The van der Waals surface area contributed by atoms with E-state index in [0.717, 1.165) is 26.1 Å². The van der Waals surface area contributed by atoms with Crippen LogP contribution in [0.4, 0.5) is 0 Å². The Balaban J connectivity index is 0.00000169. The minimum Gasteiger partial charge on any atom is -0.378 e. The highest BCUT2D eigenvalue weighted by Gasteiger charge is 2.45. The Kier molecular flexibility index (Phi) is 5.34. The summed E-state index contributed by atoms with van der Waals surface area (Å²) in [5.41, 5.74) is 3.16. The fourth-order valence-electron chi connectivity index (χ4n) is 4.33. The average Bonchev–Trinajstić information content (AvgIpc) is 2.91. The molecule has 0 radical (unpaired) electrons. The number of rotatable bonds is 5. The van der Waals surface area contributed by atoms with Gasteiger partial charge in [0.15, 0.2) is 0 Å². The molecule has 4 rings (SSSR count). The van der Waals surface area contributed by atoms with Crippen molar-refractivity contribution in [3.8, 4) is 0 Å². The van der Waals surface area contributed by atoms with Crippen LogP contribution < -0.4 is 6.15 Å². The molecule has 0 unspecified atom stereocenters. The van der Waals surface area contributed by atoms with Gasteiger partial charge in [0.25, 0.3) is 0 Å². The topological polar surface area (TPSA) is 47.5 Å². The van der Waals surface area contributed by atoms with Gasteiger partial charge in [0.2, 0.25) is 0 Å². The molecule has 24 heavy (non-hydrogen) atoms. The van der Waals surface area contributed by atoms with Gasteiger partial charge in [-0.2, -0.15) is 0 Å². The van der Waals surface area contributed by atoms with Crippen molar-refractivity contribution < 1.29 is 4.74 Å². The lowest BCUT2D eigenvalue weighted by Crippen LogP contribution is -2.58. The molecule has 0 saturated carbocycles. The summed E-state index contributed by atoms with van der Waals surface area (Å²) in [7, 11) is 0. The molecule has 0 spiro atoms. The summed E-state index contributed by atoms with van der Waals surface area (Å²) in [5, 5.41) is 0. The van der Waals surface area contributed by atoms with Crippen molar-refractivity contribution in [2.24, 2.45) is 0 Å². The van der Waals surface area contributed by atoms with E-state index in [0.29, 0.717) is 6.04 Å². The standard InChI is InChI=1S/C21H25NO.H3N/c1-3-8-18(9-4-1)14-21(15-19-10-5-2-6-11-19)12-7-13-22(21)20-16-23-17-20;/h1-6,8-11,20H,7,12-17H2;1H3. The third-order valence-electron chi connectivity index (χ3n) is 5.46. The molecule has 2 aliphatic heterocycles. The zero-order valence-electron chi connectivity index (χ0n) is 14.4. The van der Waals surface area contributed by atoms with E-state index in [2.05, 4.69) is 65.6 Å². The maximum absolute atomic E-state index is 5.50. The molecule has 2 aromatic rings. The van der Waals surface area contributed by atoms with E-state index >= 15 is 0 Å². The number of benzene rings is 2. The van der Waals surface area contributed by atoms with E-state index in [1.54, 1.807) is 0 Å². The highest BCUT2D eigenvalue weighted by Crippen LogP contribution is 2.38. The minimum atomic E-state index is 0. The first-order valence-electron chi connectivity index (χ1n) is 8.78. The lowest BCUT2D eigenvalue weighted by atomic mass is 9.81. The molecule has 3 heteroatoms. The largest absolute Gasteiger partial charge is 0.378 e. The van der Waals surface area contributed by atoms with Crippen LogP contribution in [-0.2, 0) is 17.6 Å². The third kappa shape index (κ3) is 3.39. The first-order valence-corrected chi connectivity index (χ1v) is 8.78. The molecule has 3 nitrogen and oxygen atoms in total. The van der Waals surface area contributed by atoms with Gasteiger partial charge in [-0.05, 0) is 43.4 Å². The second kappa shape index (κ2) is 7.47. The number of ether oxygens (including phenoxy) is 1. The first-order chi connectivity index (χ1) is 11.4. The molecule has 0 bridgehead atoms. The number of nitrogens with zero attached hydrogens (tertiary/aromatic N) is 1. The lowest BCUT2D eigenvalue weighted by Gasteiger charge is -2.46. The highest BCUT2D eigenvalue weighted by molar-refractivity contribution is 5.24. The van der Waals surface area contributed by atoms with Gasteiger partial charge in [0.05, 0.1) is 19.3 Å². The molecule has 2 heterocycles. The van der Waals surface area contributed by atoms with Crippen molar-refractivity contribution in [2.45, 2.75) is 37.3 Å². The molecule has 0 atom stereocenters. The Morgan fingerprint density at radius 3 is 1.88 bits per heavy atom. The molecule has 2 aromatic carbocycles. The average molecular weight is 324 g/mol. The van der Waals surface area contributed by atoms with Crippen molar-refractivity contribution in [2.75, 3.05) is 19.8 Å². The monoisotopic (exact) mass is 324 g/mol. The van der Waals surface area contributed by atoms with Crippen LogP contribution in [0.1, 0.15) is 24.0 Å². The molecular weight excluding hydrogens is 296 g/mol. The van der Waals surface area contributed by atoms with E-state index in [9.17, 15) is 0 Å². The van der Waals surface area contributed by atoms with Crippen LogP contribution in [-0.4, -0.2) is 36.2 Å². The van der Waals surface area contributed by atoms with Gasteiger partial charge in [-0.15, -0.1) is 0 Å². The van der Waals surface area contributed by atoms with Crippen LogP contribution in [0.5, 0.6) is 0 Å². The van der Waals surface area contributed by atoms with E-state index in [4.69, 9.17) is 4.74 Å². The molecule has 128 valence electrons. The Hall–Kier alpha value is -1.68. The molecule has 2 saturated heterocycles. The second-order valence-electron chi connectivity index (χ2n) is 7.04. The van der Waals surface area contributed by atoms with E-state index < -0.39 is 0 Å². The molecule has 3 N–H and O–H groups in total. The van der Waals surface area contributed by atoms with Gasteiger partial charge < -0.3 is 10.9 Å². The van der Waals surface area contributed by atoms with E-state index in [1.807, 2.05) is 0 Å². The zero-order valence-corrected chi connectivity index (χ0v) is 14.4. The van der Waals surface area contributed by atoms with E-state index in [1.165, 1.54) is 30.5 Å². The summed E-state index contributed by atoms with van der Waals surface area (Å²) in [5.74, 6) is 0. The number of likely N-dealkylation sites (tertiary alicyclic amines) is 1. The molecule has 0 aromatic heterocycles. The fourth-order valence-corrected chi connectivity index (χ4v) is 4.33. The zero-order chi connectivity index (χ0) is 15.5. The summed E-state index contributed by atoms with van der Waals surface area (Å²) >= 11 is 0. The molecule has 0 amide bonds. The van der Waals surface area contributed by atoms with Crippen LogP contribution in [0, 0.1) is 0 Å². The molecule has 2 fully saturated rings. The fraction of sp³-hybridized carbons (Fsp3) is 0.429. The number of hydrogen-bond acceptors (Lipinski definition) is 3. The second-order valence-corrected chi connectivity index (χ2v) is 7.04. The predicted molar refractivity (Wildman–Crippen MR) is 98.6 cm³/mol. The van der Waals surface area contributed by atoms with Crippen molar-refractivity contribution in [3.05, 3.63) is 71.8 Å². The molecule has 0 aliphatic carbocycles. The minimum absolute atomic E-state index is 0. The normalized spacial score (nSPS) is 20.3. The van der Waals surface area contributed by atoms with Gasteiger partial charge >= 0.3 is 0 Å². The Labute approximate surface area is 145 Å². The first kappa shape index (κ1) is 17.2. The summed E-state index contributed by atoms with van der Waals surface area (Å²) in [6.45, 7) is 3.03. The van der Waals surface area contributed by atoms with E-state index in [-0.39, 0.29) is 11.7 Å². The predicted octanol–water partition coefficient (Wildman–Crippen LogP) is 3.87. The Morgan fingerprint density at radius 2 is 1.42 bits per heavy atom. The lowest BCUT2D eigenvalue weighted by molar-refractivity contribution is -0.0905. The van der Waals surface area contributed by atoms with Crippen molar-refractivity contribution >= 4 is 0 Å².